The first-order valence-corrected chi connectivity index (χ1v) is 8.68. The molecule has 2 amide bonds. The number of hydrazine groups is 1. The lowest BCUT2D eigenvalue weighted by Gasteiger charge is -2.06. The third kappa shape index (κ3) is 6.64. The SMILES string of the molecule is CCOc1ccc(C(=O)NNC(=O)/C=C/c2ccc(CCC(=O)OC)o2)cc1. The number of carbonyl (C=O) groups excluding carboxylic acids is 3. The summed E-state index contributed by atoms with van der Waals surface area (Å²) in [5.74, 6) is 0.424. The van der Waals surface area contributed by atoms with Crippen molar-refractivity contribution < 1.29 is 28.3 Å². The van der Waals surface area contributed by atoms with Crippen LogP contribution in [0.25, 0.3) is 6.08 Å². The van der Waals surface area contributed by atoms with E-state index in [1.807, 2.05) is 6.92 Å². The second-order valence-electron chi connectivity index (χ2n) is 5.61. The molecule has 1 aromatic heterocycles. The summed E-state index contributed by atoms with van der Waals surface area (Å²) in [6.07, 6.45) is 3.30. The first-order valence-electron chi connectivity index (χ1n) is 8.68. The Balaban J connectivity index is 1.79. The number of esters is 1. The van der Waals surface area contributed by atoms with Crippen LogP contribution >= 0.6 is 0 Å². The van der Waals surface area contributed by atoms with Gasteiger partial charge < -0.3 is 13.9 Å². The van der Waals surface area contributed by atoms with Gasteiger partial charge in [-0.05, 0) is 49.4 Å². The minimum Gasteiger partial charge on any atom is -0.494 e. The highest BCUT2D eigenvalue weighted by molar-refractivity contribution is 5.97. The van der Waals surface area contributed by atoms with Crippen LogP contribution in [0.4, 0.5) is 0 Å². The Labute approximate surface area is 162 Å². The molecule has 0 atom stereocenters. The van der Waals surface area contributed by atoms with Gasteiger partial charge >= 0.3 is 5.97 Å². The smallest absolute Gasteiger partial charge is 0.305 e. The van der Waals surface area contributed by atoms with Crippen molar-refractivity contribution in [3.63, 3.8) is 0 Å². The minimum atomic E-state index is -0.521. The van der Waals surface area contributed by atoms with E-state index in [1.165, 1.54) is 19.3 Å². The van der Waals surface area contributed by atoms with Crippen LogP contribution in [0.3, 0.4) is 0 Å². The molecule has 0 unspecified atom stereocenters. The lowest BCUT2D eigenvalue weighted by Crippen LogP contribution is -2.40. The Kier molecular flexibility index (Phi) is 7.83. The molecule has 148 valence electrons. The van der Waals surface area contributed by atoms with Crippen LogP contribution in [0.15, 0.2) is 46.9 Å². The number of rotatable bonds is 8. The maximum atomic E-state index is 12.0. The van der Waals surface area contributed by atoms with Crippen LogP contribution in [-0.2, 0) is 20.7 Å². The first kappa shape index (κ1) is 20.8. The summed E-state index contributed by atoms with van der Waals surface area (Å²) in [5.41, 5.74) is 4.99. The highest BCUT2D eigenvalue weighted by Gasteiger charge is 2.07. The largest absolute Gasteiger partial charge is 0.494 e. The maximum Gasteiger partial charge on any atom is 0.305 e. The van der Waals surface area contributed by atoms with Gasteiger partial charge in [0.2, 0.25) is 0 Å². The average molecular weight is 386 g/mol. The number of nitrogens with one attached hydrogen (secondary N) is 2. The van der Waals surface area contributed by atoms with Gasteiger partial charge in [-0.15, -0.1) is 0 Å². The van der Waals surface area contributed by atoms with Crippen molar-refractivity contribution >= 4 is 23.9 Å². The molecule has 0 aliphatic rings. The highest BCUT2D eigenvalue weighted by atomic mass is 16.5. The molecule has 0 saturated carbocycles. The van der Waals surface area contributed by atoms with Crippen LogP contribution in [0.2, 0.25) is 0 Å². The van der Waals surface area contributed by atoms with Crippen molar-refractivity contribution in [3.8, 4) is 5.75 Å². The summed E-state index contributed by atoms with van der Waals surface area (Å²) in [4.78, 5) is 34.9. The number of furan rings is 1. The Morgan fingerprint density at radius 1 is 1.07 bits per heavy atom. The summed E-state index contributed by atoms with van der Waals surface area (Å²) in [6, 6.07) is 9.94. The van der Waals surface area contributed by atoms with Gasteiger partial charge in [-0.3, -0.25) is 25.2 Å². The number of methoxy groups -OCH3 is 1. The number of carbonyl (C=O) groups is 3. The number of hydrogen-bond acceptors (Lipinski definition) is 6. The second-order valence-corrected chi connectivity index (χ2v) is 5.61. The Bertz CT molecular complexity index is 839. The fraction of sp³-hybridized carbons (Fsp3) is 0.250. The maximum absolute atomic E-state index is 12.0. The van der Waals surface area contributed by atoms with E-state index in [1.54, 1.807) is 36.4 Å². The zero-order valence-electron chi connectivity index (χ0n) is 15.7. The third-order valence-corrected chi connectivity index (χ3v) is 3.61. The Hall–Kier alpha value is -3.55. The number of hydrogen-bond donors (Lipinski definition) is 2. The molecule has 0 aliphatic heterocycles. The van der Waals surface area contributed by atoms with E-state index < -0.39 is 11.8 Å². The normalized spacial score (nSPS) is 10.5. The van der Waals surface area contributed by atoms with Crippen LogP contribution in [0, 0.1) is 0 Å². The van der Waals surface area contributed by atoms with Crippen molar-refractivity contribution in [3.05, 3.63) is 59.6 Å². The second kappa shape index (κ2) is 10.6. The van der Waals surface area contributed by atoms with E-state index in [4.69, 9.17) is 9.15 Å². The van der Waals surface area contributed by atoms with E-state index in [0.717, 1.165) is 0 Å². The van der Waals surface area contributed by atoms with E-state index in [0.29, 0.717) is 35.9 Å². The quantitative estimate of drug-likeness (QED) is 0.409. The third-order valence-electron chi connectivity index (χ3n) is 3.61. The zero-order valence-corrected chi connectivity index (χ0v) is 15.7. The molecule has 0 aliphatic carbocycles. The van der Waals surface area contributed by atoms with Gasteiger partial charge in [0.05, 0.1) is 20.1 Å². The first-order chi connectivity index (χ1) is 13.5. The molecule has 0 fully saturated rings. The summed E-state index contributed by atoms with van der Waals surface area (Å²) < 4.78 is 15.4. The van der Waals surface area contributed by atoms with Crippen molar-refractivity contribution in [2.24, 2.45) is 0 Å². The van der Waals surface area contributed by atoms with Crippen molar-refractivity contribution in [1.82, 2.24) is 10.9 Å². The molecule has 2 N–H and O–H groups in total. The van der Waals surface area contributed by atoms with Crippen LogP contribution in [-0.4, -0.2) is 31.5 Å². The minimum absolute atomic E-state index is 0.214. The lowest BCUT2D eigenvalue weighted by atomic mass is 10.2. The van der Waals surface area contributed by atoms with Crippen molar-refractivity contribution in [2.45, 2.75) is 19.8 Å². The molecule has 0 bridgehead atoms. The van der Waals surface area contributed by atoms with Crippen LogP contribution < -0.4 is 15.6 Å². The predicted octanol–water partition coefficient (Wildman–Crippen LogP) is 2.26. The summed E-state index contributed by atoms with van der Waals surface area (Å²) in [6.45, 7) is 2.41. The lowest BCUT2D eigenvalue weighted by molar-refractivity contribution is -0.140. The summed E-state index contributed by atoms with van der Waals surface area (Å²) in [5, 5.41) is 0. The molecular formula is C20H22N2O6. The van der Waals surface area contributed by atoms with Gasteiger partial charge in [0.15, 0.2) is 0 Å². The van der Waals surface area contributed by atoms with Gasteiger partial charge in [-0.25, -0.2) is 0 Å². The molecule has 0 spiro atoms. The standard InChI is InChI=1S/C20H22N2O6/c1-3-27-15-6-4-14(5-7-15)20(25)22-21-18(23)12-10-16-8-9-17(28-16)11-13-19(24)26-2/h4-10,12H,3,11,13H2,1-2H3,(H,21,23)(H,22,25)/b12-10+. The van der Waals surface area contributed by atoms with E-state index in [9.17, 15) is 14.4 Å². The van der Waals surface area contributed by atoms with E-state index >= 15 is 0 Å². The highest BCUT2D eigenvalue weighted by Crippen LogP contribution is 2.12. The average Bonchev–Trinajstić information content (AvgIpc) is 3.17. The predicted molar refractivity (Wildman–Crippen MR) is 101 cm³/mol. The van der Waals surface area contributed by atoms with E-state index in [-0.39, 0.29) is 12.4 Å². The monoisotopic (exact) mass is 386 g/mol. The Morgan fingerprint density at radius 3 is 2.50 bits per heavy atom. The Morgan fingerprint density at radius 2 is 1.82 bits per heavy atom. The number of benzene rings is 1. The fourth-order valence-electron chi connectivity index (χ4n) is 2.20. The van der Waals surface area contributed by atoms with Crippen molar-refractivity contribution in [2.75, 3.05) is 13.7 Å². The number of amides is 2. The van der Waals surface area contributed by atoms with Crippen LogP contribution in [0.1, 0.15) is 35.2 Å². The molecule has 1 aromatic carbocycles. The van der Waals surface area contributed by atoms with E-state index in [2.05, 4.69) is 15.6 Å². The van der Waals surface area contributed by atoms with Crippen molar-refractivity contribution in [1.29, 1.82) is 0 Å². The molecule has 0 radical (unpaired) electrons. The molecule has 8 heteroatoms. The van der Waals surface area contributed by atoms with Crippen LogP contribution in [0.5, 0.6) is 5.75 Å². The molecular weight excluding hydrogens is 364 g/mol. The molecule has 2 rings (SSSR count). The zero-order chi connectivity index (χ0) is 20.4. The van der Waals surface area contributed by atoms with Gasteiger partial charge in [-0.1, -0.05) is 0 Å². The van der Waals surface area contributed by atoms with Gasteiger partial charge in [0.25, 0.3) is 11.8 Å². The van der Waals surface area contributed by atoms with Gasteiger partial charge in [0.1, 0.15) is 17.3 Å². The summed E-state index contributed by atoms with van der Waals surface area (Å²) in [7, 11) is 1.33. The number of ether oxygens (including phenoxy) is 2. The number of aryl methyl sites for hydroxylation is 1. The molecule has 28 heavy (non-hydrogen) atoms. The van der Waals surface area contributed by atoms with Gasteiger partial charge in [0, 0.05) is 18.1 Å². The molecule has 0 saturated heterocycles. The molecule has 8 nitrogen and oxygen atoms in total. The topological polar surface area (TPSA) is 107 Å². The van der Waals surface area contributed by atoms with Gasteiger partial charge in [-0.2, -0.15) is 0 Å². The molecule has 2 aromatic rings. The fourth-order valence-corrected chi connectivity index (χ4v) is 2.20. The summed E-state index contributed by atoms with van der Waals surface area (Å²) >= 11 is 0. The molecule has 1 heterocycles.